The number of nitrogens with one attached hydrogen (secondary N) is 1. The minimum atomic E-state index is -0.778. The largest absolute Gasteiger partial charge is 0.313 e. The van der Waals surface area contributed by atoms with Crippen LogP contribution in [0.3, 0.4) is 0 Å². The minimum absolute atomic E-state index is 0.112. The summed E-state index contributed by atoms with van der Waals surface area (Å²) in [5, 5.41) is 3.19. The van der Waals surface area contributed by atoms with Crippen molar-refractivity contribution in [2.45, 2.75) is 64.3 Å². The molecule has 0 bridgehead atoms. The number of rotatable bonds is 10. The fourth-order valence-electron chi connectivity index (χ4n) is 2.51. The first-order valence-electron chi connectivity index (χ1n) is 7.81. The number of benzene rings is 1. The summed E-state index contributed by atoms with van der Waals surface area (Å²) in [6, 6.07) is 4.29. The maximum atomic E-state index is 13.2. The van der Waals surface area contributed by atoms with Crippen LogP contribution in [0.5, 0.6) is 0 Å². The first-order chi connectivity index (χ1) is 9.69. The highest BCUT2D eigenvalue weighted by atomic mass is 19.2. The summed E-state index contributed by atoms with van der Waals surface area (Å²) in [6.45, 7) is 2.22. The highest BCUT2D eigenvalue weighted by Gasteiger charge is 2.11. The van der Waals surface area contributed by atoms with Gasteiger partial charge in [0.2, 0.25) is 0 Å². The van der Waals surface area contributed by atoms with Gasteiger partial charge in [0.15, 0.2) is 11.6 Å². The molecule has 0 aliphatic rings. The summed E-state index contributed by atoms with van der Waals surface area (Å²) in [7, 11) is 1.87. The predicted molar refractivity (Wildman–Crippen MR) is 80.8 cm³/mol. The Bertz CT molecular complexity index is 379. The van der Waals surface area contributed by atoms with Crippen molar-refractivity contribution in [2.24, 2.45) is 0 Å². The number of halogens is 2. The quantitative estimate of drug-likeness (QED) is 0.569. The fourth-order valence-corrected chi connectivity index (χ4v) is 2.51. The van der Waals surface area contributed by atoms with E-state index in [0.29, 0.717) is 0 Å². The molecule has 1 aromatic carbocycles. The Labute approximate surface area is 121 Å². The lowest BCUT2D eigenvalue weighted by atomic mass is 9.99. The summed E-state index contributed by atoms with van der Waals surface area (Å²) < 4.78 is 26.2. The van der Waals surface area contributed by atoms with E-state index in [4.69, 9.17) is 0 Å². The molecule has 3 heteroatoms. The van der Waals surface area contributed by atoms with Gasteiger partial charge in [-0.05, 0) is 31.2 Å². The summed E-state index contributed by atoms with van der Waals surface area (Å²) in [5.74, 6) is -1.54. The summed E-state index contributed by atoms with van der Waals surface area (Å²) in [4.78, 5) is 0. The van der Waals surface area contributed by atoms with E-state index in [1.54, 1.807) is 6.07 Å². The van der Waals surface area contributed by atoms with Crippen LogP contribution in [-0.4, -0.2) is 7.05 Å². The van der Waals surface area contributed by atoms with Gasteiger partial charge in [0.25, 0.3) is 0 Å². The topological polar surface area (TPSA) is 12.0 Å². The van der Waals surface area contributed by atoms with Crippen LogP contribution in [0.1, 0.15) is 69.9 Å². The van der Waals surface area contributed by atoms with Gasteiger partial charge in [0.1, 0.15) is 0 Å². The van der Waals surface area contributed by atoms with Crippen molar-refractivity contribution in [3.63, 3.8) is 0 Å². The molecule has 1 atom stereocenters. The second-order valence-corrected chi connectivity index (χ2v) is 5.42. The number of hydrogen-bond acceptors (Lipinski definition) is 1. The molecular weight excluding hydrogens is 256 g/mol. The lowest BCUT2D eigenvalue weighted by molar-refractivity contribution is 0.481. The molecule has 1 unspecified atom stereocenters. The van der Waals surface area contributed by atoms with Crippen LogP contribution in [0.15, 0.2) is 18.2 Å². The molecule has 0 aliphatic carbocycles. The van der Waals surface area contributed by atoms with Gasteiger partial charge in [-0.15, -0.1) is 0 Å². The molecular formula is C17H27F2N. The Morgan fingerprint density at radius 2 is 1.60 bits per heavy atom. The smallest absolute Gasteiger partial charge is 0.159 e. The van der Waals surface area contributed by atoms with Crippen LogP contribution in [0, 0.1) is 11.6 Å². The second kappa shape index (κ2) is 9.87. The molecule has 0 aromatic heterocycles. The highest BCUT2D eigenvalue weighted by molar-refractivity contribution is 5.21. The standard InChI is InChI=1S/C17H27F2N/c1-3-4-5-6-7-8-9-10-17(20-2)14-11-12-15(18)16(19)13-14/h11-13,17,20H,3-10H2,1-2H3. The molecule has 0 radical (unpaired) electrons. The second-order valence-electron chi connectivity index (χ2n) is 5.42. The predicted octanol–water partition coefficient (Wildman–Crippen LogP) is 5.37. The van der Waals surface area contributed by atoms with Gasteiger partial charge in [-0.3, -0.25) is 0 Å². The monoisotopic (exact) mass is 283 g/mol. The van der Waals surface area contributed by atoms with E-state index in [0.717, 1.165) is 18.4 Å². The Kier molecular flexibility index (Phi) is 8.43. The Morgan fingerprint density at radius 3 is 2.20 bits per heavy atom. The zero-order valence-electron chi connectivity index (χ0n) is 12.7. The first kappa shape index (κ1) is 17.1. The average molecular weight is 283 g/mol. The van der Waals surface area contributed by atoms with Crippen LogP contribution in [0.25, 0.3) is 0 Å². The maximum Gasteiger partial charge on any atom is 0.159 e. The number of unbranched alkanes of at least 4 members (excludes halogenated alkanes) is 6. The summed E-state index contributed by atoms with van der Waals surface area (Å²) >= 11 is 0. The van der Waals surface area contributed by atoms with Crippen molar-refractivity contribution in [1.29, 1.82) is 0 Å². The van der Waals surface area contributed by atoms with Crippen LogP contribution in [-0.2, 0) is 0 Å². The van der Waals surface area contributed by atoms with Crippen molar-refractivity contribution < 1.29 is 8.78 Å². The van der Waals surface area contributed by atoms with Gasteiger partial charge in [0, 0.05) is 6.04 Å². The van der Waals surface area contributed by atoms with Crippen molar-refractivity contribution in [1.82, 2.24) is 5.32 Å². The molecule has 0 heterocycles. The molecule has 0 amide bonds. The third-order valence-electron chi connectivity index (χ3n) is 3.79. The molecule has 0 saturated heterocycles. The normalized spacial score (nSPS) is 12.6. The van der Waals surface area contributed by atoms with Crippen LogP contribution < -0.4 is 5.32 Å². The Hall–Kier alpha value is -0.960. The third kappa shape index (κ3) is 6.00. The SMILES string of the molecule is CCCCCCCCCC(NC)c1ccc(F)c(F)c1. The molecule has 0 aliphatic heterocycles. The van der Waals surface area contributed by atoms with E-state index in [-0.39, 0.29) is 6.04 Å². The summed E-state index contributed by atoms with van der Waals surface area (Å²) in [5.41, 5.74) is 0.831. The van der Waals surface area contributed by atoms with Crippen molar-refractivity contribution in [3.05, 3.63) is 35.4 Å². The molecule has 1 N–H and O–H groups in total. The molecule has 0 saturated carbocycles. The van der Waals surface area contributed by atoms with Gasteiger partial charge in [-0.2, -0.15) is 0 Å². The lowest BCUT2D eigenvalue weighted by Crippen LogP contribution is -2.16. The van der Waals surface area contributed by atoms with E-state index in [1.165, 1.54) is 50.7 Å². The number of hydrogen-bond donors (Lipinski definition) is 1. The van der Waals surface area contributed by atoms with Crippen LogP contribution >= 0.6 is 0 Å². The minimum Gasteiger partial charge on any atom is -0.313 e. The fraction of sp³-hybridized carbons (Fsp3) is 0.647. The van der Waals surface area contributed by atoms with Crippen molar-refractivity contribution >= 4 is 0 Å². The highest BCUT2D eigenvalue weighted by Crippen LogP contribution is 2.22. The summed E-state index contributed by atoms with van der Waals surface area (Å²) in [6.07, 6.45) is 9.82. The van der Waals surface area contributed by atoms with Gasteiger partial charge < -0.3 is 5.32 Å². The zero-order chi connectivity index (χ0) is 14.8. The molecule has 114 valence electrons. The van der Waals surface area contributed by atoms with E-state index in [1.807, 2.05) is 7.05 Å². The van der Waals surface area contributed by atoms with Crippen molar-refractivity contribution in [3.8, 4) is 0 Å². The maximum absolute atomic E-state index is 13.2. The molecule has 0 spiro atoms. The van der Waals surface area contributed by atoms with E-state index in [2.05, 4.69) is 12.2 Å². The molecule has 0 fully saturated rings. The van der Waals surface area contributed by atoms with Gasteiger partial charge in [-0.25, -0.2) is 8.78 Å². The van der Waals surface area contributed by atoms with Gasteiger partial charge in [0.05, 0.1) is 0 Å². The first-order valence-corrected chi connectivity index (χ1v) is 7.81. The molecule has 1 rings (SSSR count). The van der Waals surface area contributed by atoms with E-state index < -0.39 is 11.6 Å². The molecule has 1 aromatic rings. The molecule has 20 heavy (non-hydrogen) atoms. The van der Waals surface area contributed by atoms with Crippen molar-refractivity contribution in [2.75, 3.05) is 7.05 Å². The van der Waals surface area contributed by atoms with Crippen LogP contribution in [0.4, 0.5) is 8.78 Å². The third-order valence-corrected chi connectivity index (χ3v) is 3.79. The molecule has 1 nitrogen and oxygen atoms in total. The van der Waals surface area contributed by atoms with Gasteiger partial charge in [-0.1, -0.05) is 57.9 Å². The zero-order valence-corrected chi connectivity index (χ0v) is 12.7. The Morgan fingerprint density at radius 1 is 0.950 bits per heavy atom. The van der Waals surface area contributed by atoms with E-state index in [9.17, 15) is 8.78 Å². The lowest BCUT2D eigenvalue weighted by Gasteiger charge is -2.16. The van der Waals surface area contributed by atoms with Crippen LogP contribution in [0.2, 0.25) is 0 Å². The van der Waals surface area contributed by atoms with E-state index >= 15 is 0 Å². The van der Waals surface area contributed by atoms with Gasteiger partial charge >= 0.3 is 0 Å². The average Bonchev–Trinajstić information content (AvgIpc) is 2.45. The Balaban J connectivity index is 2.30.